The molecule has 2 aromatic rings. The first-order valence-corrected chi connectivity index (χ1v) is 9.68. The third-order valence-electron chi connectivity index (χ3n) is 5.03. The number of carbonyl (C=O) groups excluding carboxylic acids is 2. The second-order valence-electron chi connectivity index (χ2n) is 7.13. The number of nitrogens with one attached hydrogen (secondary N) is 2. The summed E-state index contributed by atoms with van der Waals surface area (Å²) in [7, 11) is 0. The number of rotatable bonds is 6. The Morgan fingerprint density at radius 1 is 0.967 bits per heavy atom. The average Bonchev–Trinajstić information content (AvgIpc) is 2.73. The fraction of sp³-hybridized carbons (Fsp3) is 0.318. The van der Waals surface area contributed by atoms with E-state index in [1.54, 1.807) is 48.5 Å². The molecule has 160 valence electrons. The second kappa shape index (κ2) is 11.2. The monoisotopic (exact) mass is 431 g/mol. The summed E-state index contributed by atoms with van der Waals surface area (Å²) in [5.74, 6) is -0.125. The normalized spacial score (nSPS) is 17.9. The first-order valence-electron chi connectivity index (χ1n) is 9.68. The summed E-state index contributed by atoms with van der Waals surface area (Å²) in [6.07, 6.45) is 3.13. The Labute approximate surface area is 181 Å². The number of esters is 2. The smallest absolute Gasteiger partial charge is 0.347 e. The highest BCUT2D eigenvalue weighted by Crippen LogP contribution is 2.30. The Bertz CT molecular complexity index is 868. The van der Waals surface area contributed by atoms with Crippen molar-refractivity contribution in [3.8, 4) is 11.5 Å². The maximum absolute atomic E-state index is 12.6. The fourth-order valence-electron chi connectivity index (χ4n) is 3.42. The van der Waals surface area contributed by atoms with E-state index in [2.05, 4.69) is 5.32 Å². The Morgan fingerprint density at radius 2 is 1.60 bits per heavy atom. The number of guanidine groups is 1. The molecule has 2 aromatic carbocycles. The predicted octanol–water partition coefficient (Wildman–Crippen LogP) is 3.52. The quantitative estimate of drug-likeness (QED) is 0.279. The molecule has 0 radical (unpaired) electrons. The molecule has 1 saturated carbocycles. The van der Waals surface area contributed by atoms with Crippen LogP contribution in [-0.2, 0) is 4.79 Å². The number of hydrogen-bond acceptors (Lipinski definition) is 5. The van der Waals surface area contributed by atoms with E-state index < -0.39 is 5.97 Å². The summed E-state index contributed by atoms with van der Waals surface area (Å²) in [5.41, 5.74) is 5.53. The zero-order valence-corrected chi connectivity index (χ0v) is 17.3. The van der Waals surface area contributed by atoms with Gasteiger partial charge >= 0.3 is 11.9 Å². The maximum Gasteiger partial charge on any atom is 0.347 e. The lowest BCUT2D eigenvalue weighted by atomic mass is 9.82. The first kappa shape index (κ1) is 23.2. The van der Waals surface area contributed by atoms with Crippen molar-refractivity contribution < 1.29 is 19.1 Å². The number of carbonyl (C=O) groups is 2. The van der Waals surface area contributed by atoms with Crippen molar-refractivity contribution in [3.63, 3.8) is 0 Å². The van der Waals surface area contributed by atoms with Crippen LogP contribution >= 0.6 is 12.4 Å². The molecule has 0 spiro atoms. The number of hydrogen-bond donors (Lipinski definition) is 3. The molecule has 0 heterocycles. The zero-order chi connectivity index (χ0) is 20.6. The molecule has 0 unspecified atom stereocenters. The minimum Gasteiger partial charge on any atom is -0.425 e. The lowest BCUT2D eigenvalue weighted by Gasteiger charge is -2.27. The molecule has 1 fully saturated rings. The van der Waals surface area contributed by atoms with Gasteiger partial charge in [-0.3, -0.25) is 10.2 Å². The third-order valence-corrected chi connectivity index (χ3v) is 5.03. The molecular weight excluding hydrogens is 406 g/mol. The van der Waals surface area contributed by atoms with Crippen LogP contribution in [0.3, 0.4) is 0 Å². The first-order chi connectivity index (χ1) is 14.0. The highest BCUT2D eigenvalue weighted by molar-refractivity contribution is 5.95. The van der Waals surface area contributed by atoms with Gasteiger partial charge in [0, 0.05) is 6.54 Å². The second-order valence-corrected chi connectivity index (χ2v) is 7.13. The van der Waals surface area contributed by atoms with Crippen LogP contribution in [0.5, 0.6) is 11.5 Å². The number of para-hydroxylation sites is 2. The van der Waals surface area contributed by atoms with Gasteiger partial charge in [-0.2, -0.15) is 0 Å². The summed E-state index contributed by atoms with van der Waals surface area (Å²) in [4.78, 5) is 25.1. The van der Waals surface area contributed by atoms with Crippen molar-refractivity contribution >= 4 is 30.3 Å². The van der Waals surface area contributed by atoms with E-state index in [0.717, 1.165) is 12.8 Å². The van der Waals surface area contributed by atoms with Gasteiger partial charge in [0.15, 0.2) is 5.96 Å². The Morgan fingerprint density at radius 3 is 2.27 bits per heavy atom. The molecule has 1 aliphatic rings. The number of benzene rings is 2. The van der Waals surface area contributed by atoms with Gasteiger partial charge in [0.2, 0.25) is 0 Å². The van der Waals surface area contributed by atoms with Crippen molar-refractivity contribution in [3.05, 3.63) is 60.2 Å². The summed E-state index contributed by atoms with van der Waals surface area (Å²) in [6.45, 7) is 0.644. The summed E-state index contributed by atoms with van der Waals surface area (Å²) < 4.78 is 10.9. The van der Waals surface area contributed by atoms with Crippen molar-refractivity contribution in [1.29, 1.82) is 5.41 Å². The van der Waals surface area contributed by atoms with Gasteiger partial charge in [0.05, 0.1) is 5.92 Å². The highest BCUT2D eigenvalue weighted by Gasteiger charge is 2.28. The van der Waals surface area contributed by atoms with Gasteiger partial charge in [0.25, 0.3) is 0 Å². The molecule has 1 aliphatic carbocycles. The SMILES string of the molecule is Cl.N=C(N)NC[C@H]1CC[C@H](C(=O)Oc2ccccc2C(=O)Oc2ccccc2)CC1. The lowest BCUT2D eigenvalue weighted by Crippen LogP contribution is -2.36. The molecule has 0 atom stereocenters. The molecule has 0 saturated heterocycles. The number of ether oxygens (including phenoxy) is 2. The van der Waals surface area contributed by atoms with Crippen LogP contribution in [0.2, 0.25) is 0 Å². The molecular formula is C22H26ClN3O4. The van der Waals surface area contributed by atoms with E-state index >= 15 is 0 Å². The summed E-state index contributed by atoms with van der Waals surface area (Å²) in [5, 5.41) is 10.1. The molecule has 8 heteroatoms. The molecule has 0 aliphatic heterocycles. The van der Waals surface area contributed by atoms with E-state index in [-0.39, 0.29) is 41.6 Å². The summed E-state index contributed by atoms with van der Waals surface area (Å²) >= 11 is 0. The van der Waals surface area contributed by atoms with Gasteiger partial charge in [-0.1, -0.05) is 30.3 Å². The van der Waals surface area contributed by atoms with Gasteiger partial charge in [-0.15, -0.1) is 12.4 Å². The van der Waals surface area contributed by atoms with Crippen LogP contribution < -0.4 is 20.5 Å². The Hall–Kier alpha value is -3.06. The molecule has 4 N–H and O–H groups in total. The average molecular weight is 432 g/mol. The van der Waals surface area contributed by atoms with E-state index in [0.29, 0.717) is 31.1 Å². The number of nitrogens with two attached hydrogens (primary N) is 1. The van der Waals surface area contributed by atoms with Crippen molar-refractivity contribution in [1.82, 2.24) is 5.32 Å². The Balaban J connectivity index is 0.00000320. The van der Waals surface area contributed by atoms with E-state index in [1.165, 1.54) is 0 Å². The molecule has 0 bridgehead atoms. The number of halogens is 1. The standard InChI is InChI=1S/C22H25N3O4.ClH/c23-22(24)25-14-15-10-12-16(13-11-15)20(26)29-19-9-5-4-8-18(19)21(27)28-17-6-2-1-3-7-17;/h1-9,15-16H,10-14H2,(H4,23,24,25);1H/t15-,16-;. The molecule has 30 heavy (non-hydrogen) atoms. The molecule has 7 nitrogen and oxygen atoms in total. The zero-order valence-electron chi connectivity index (χ0n) is 16.5. The largest absolute Gasteiger partial charge is 0.425 e. The topological polar surface area (TPSA) is 115 Å². The van der Waals surface area contributed by atoms with Gasteiger partial charge in [0.1, 0.15) is 17.1 Å². The van der Waals surface area contributed by atoms with Crippen molar-refractivity contribution in [2.75, 3.05) is 6.54 Å². The molecule has 0 amide bonds. The highest BCUT2D eigenvalue weighted by atomic mass is 35.5. The van der Waals surface area contributed by atoms with Crippen molar-refractivity contribution in [2.24, 2.45) is 17.6 Å². The van der Waals surface area contributed by atoms with Crippen LogP contribution in [0.25, 0.3) is 0 Å². The van der Waals surface area contributed by atoms with Crippen LogP contribution in [-0.4, -0.2) is 24.4 Å². The van der Waals surface area contributed by atoms with Gasteiger partial charge in [-0.05, 0) is 55.9 Å². The van der Waals surface area contributed by atoms with Gasteiger partial charge < -0.3 is 20.5 Å². The Kier molecular flexibility index (Phi) is 8.68. The van der Waals surface area contributed by atoms with Crippen LogP contribution in [0.4, 0.5) is 0 Å². The van der Waals surface area contributed by atoms with Gasteiger partial charge in [-0.25, -0.2) is 4.79 Å². The van der Waals surface area contributed by atoms with E-state index in [1.807, 2.05) is 6.07 Å². The fourth-order valence-corrected chi connectivity index (χ4v) is 3.42. The minimum absolute atomic E-state index is 0. The van der Waals surface area contributed by atoms with E-state index in [9.17, 15) is 9.59 Å². The minimum atomic E-state index is -0.571. The van der Waals surface area contributed by atoms with Crippen LogP contribution in [0.15, 0.2) is 54.6 Å². The van der Waals surface area contributed by atoms with Crippen LogP contribution in [0, 0.1) is 17.2 Å². The third kappa shape index (κ3) is 6.49. The van der Waals surface area contributed by atoms with E-state index in [4.69, 9.17) is 20.6 Å². The molecule has 0 aromatic heterocycles. The van der Waals surface area contributed by atoms with Crippen molar-refractivity contribution in [2.45, 2.75) is 25.7 Å². The van der Waals surface area contributed by atoms with Crippen LogP contribution in [0.1, 0.15) is 36.0 Å². The lowest BCUT2D eigenvalue weighted by molar-refractivity contribution is -0.140. The maximum atomic E-state index is 12.6. The molecule has 3 rings (SSSR count). The summed E-state index contributed by atoms with van der Waals surface area (Å²) in [6, 6.07) is 15.3. The predicted molar refractivity (Wildman–Crippen MR) is 116 cm³/mol.